The molecule has 1 aliphatic rings. The molecule has 116 valence electrons. The van der Waals surface area contributed by atoms with Gasteiger partial charge in [-0.25, -0.2) is 9.37 Å². The van der Waals surface area contributed by atoms with Gasteiger partial charge in [0.15, 0.2) is 0 Å². The highest BCUT2D eigenvalue weighted by atomic mass is 19.1. The van der Waals surface area contributed by atoms with Crippen LogP contribution in [0.3, 0.4) is 0 Å². The van der Waals surface area contributed by atoms with Gasteiger partial charge in [0.2, 0.25) is 0 Å². The fourth-order valence-electron chi connectivity index (χ4n) is 3.07. The molecule has 4 nitrogen and oxygen atoms in total. The molecule has 5 heteroatoms. The number of aromatic nitrogens is 2. The summed E-state index contributed by atoms with van der Waals surface area (Å²) in [5, 5.41) is 0. The van der Waals surface area contributed by atoms with Crippen molar-refractivity contribution in [3.05, 3.63) is 71.4 Å². The molecule has 1 aromatic carbocycles. The highest BCUT2D eigenvalue weighted by Gasteiger charge is 2.33. The lowest BCUT2D eigenvalue weighted by atomic mass is 9.94. The Balaban J connectivity index is 1.61. The van der Waals surface area contributed by atoms with Crippen LogP contribution < -0.4 is 0 Å². The van der Waals surface area contributed by atoms with E-state index in [0.29, 0.717) is 5.56 Å². The molecule has 0 bridgehead atoms. The number of benzene rings is 1. The number of carbonyl (C=O) groups is 1. The number of amides is 1. The maximum absolute atomic E-state index is 13.1. The molecule has 0 aliphatic carbocycles. The summed E-state index contributed by atoms with van der Waals surface area (Å²) in [5.74, 6) is -0.259. The Bertz CT molecular complexity index is 885. The summed E-state index contributed by atoms with van der Waals surface area (Å²) in [4.78, 5) is 18.9. The van der Waals surface area contributed by atoms with Gasteiger partial charge in [0.05, 0.1) is 17.3 Å². The second-order valence-electron chi connectivity index (χ2n) is 5.92. The highest BCUT2D eigenvalue weighted by Crippen LogP contribution is 2.34. The number of aryl methyl sites for hydroxylation is 1. The molecule has 3 heterocycles. The first-order valence-corrected chi connectivity index (χ1v) is 7.63. The molecule has 23 heavy (non-hydrogen) atoms. The zero-order valence-corrected chi connectivity index (χ0v) is 12.7. The van der Waals surface area contributed by atoms with Crippen molar-refractivity contribution in [2.45, 2.75) is 19.4 Å². The molecule has 1 fully saturated rings. The van der Waals surface area contributed by atoms with Crippen LogP contribution in [-0.2, 0) is 0 Å². The second-order valence-corrected chi connectivity index (χ2v) is 5.92. The number of hydrogen-bond donors (Lipinski definition) is 0. The van der Waals surface area contributed by atoms with E-state index in [1.165, 1.54) is 12.1 Å². The van der Waals surface area contributed by atoms with Gasteiger partial charge < -0.3 is 9.30 Å². The number of likely N-dealkylation sites (tertiary alicyclic amines) is 1. The number of hydrogen-bond acceptors (Lipinski definition) is 2. The molecule has 4 rings (SSSR count). The Morgan fingerprint density at radius 2 is 1.96 bits per heavy atom. The van der Waals surface area contributed by atoms with Gasteiger partial charge in [-0.05, 0) is 43.2 Å². The van der Waals surface area contributed by atoms with E-state index < -0.39 is 0 Å². The van der Waals surface area contributed by atoms with Gasteiger partial charge in [0.1, 0.15) is 11.5 Å². The van der Waals surface area contributed by atoms with Crippen molar-refractivity contribution in [1.82, 2.24) is 14.3 Å². The molecule has 1 saturated heterocycles. The molecule has 0 radical (unpaired) electrons. The lowest BCUT2D eigenvalue weighted by molar-refractivity contribution is 0.0460. The van der Waals surface area contributed by atoms with Crippen LogP contribution in [0.5, 0.6) is 0 Å². The average molecular weight is 309 g/mol. The number of pyridine rings is 1. The Morgan fingerprint density at radius 1 is 1.17 bits per heavy atom. The largest absolute Gasteiger partial charge is 0.331 e. The monoisotopic (exact) mass is 309 g/mol. The van der Waals surface area contributed by atoms with Gasteiger partial charge in [-0.3, -0.25) is 4.79 Å². The maximum Gasteiger partial charge on any atom is 0.255 e. The summed E-state index contributed by atoms with van der Waals surface area (Å²) >= 11 is 0. The third-order valence-corrected chi connectivity index (χ3v) is 4.35. The van der Waals surface area contributed by atoms with E-state index in [0.717, 1.165) is 29.9 Å². The quantitative estimate of drug-likeness (QED) is 0.728. The van der Waals surface area contributed by atoms with Crippen LogP contribution in [0.2, 0.25) is 0 Å². The minimum Gasteiger partial charge on any atom is -0.331 e. The summed E-state index contributed by atoms with van der Waals surface area (Å²) in [6.07, 6.45) is 4.63. The van der Waals surface area contributed by atoms with E-state index >= 15 is 0 Å². The van der Waals surface area contributed by atoms with Crippen LogP contribution in [-0.4, -0.2) is 26.7 Å². The summed E-state index contributed by atoms with van der Waals surface area (Å²) in [5.41, 5.74) is 3.37. The Labute approximate surface area is 133 Å². The number of imidazole rings is 1. The van der Waals surface area contributed by atoms with Crippen molar-refractivity contribution in [3.8, 4) is 0 Å². The van der Waals surface area contributed by atoms with Crippen LogP contribution in [0, 0.1) is 12.7 Å². The van der Waals surface area contributed by atoms with Crippen molar-refractivity contribution in [1.29, 1.82) is 0 Å². The first-order chi connectivity index (χ1) is 11.1. The van der Waals surface area contributed by atoms with Crippen molar-refractivity contribution >= 4 is 11.6 Å². The number of carbonyl (C=O) groups excluding carboxylic acids is 1. The van der Waals surface area contributed by atoms with Crippen LogP contribution in [0.4, 0.5) is 4.39 Å². The number of halogens is 1. The Morgan fingerprint density at radius 3 is 2.65 bits per heavy atom. The Hall–Kier alpha value is -2.69. The molecule has 0 N–H and O–H groups in total. The van der Waals surface area contributed by atoms with Gasteiger partial charge in [-0.15, -0.1) is 0 Å². The van der Waals surface area contributed by atoms with Gasteiger partial charge in [0.25, 0.3) is 5.91 Å². The molecule has 1 atom stereocenters. The summed E-state index contributed by atoms with van der Waals surface area (Å²) in [6, 6.07) is 10.1. The third-order valence-electron chi connectivity index (χ3n) is 4.35. The summed E-state index contributed by atoms with van der Waals surface area (Å²) in [6.45, 7) is 2.65. The molecule has 1 aliphatic heterocycles. The average Bonchev–Trinajstić information content (AvgIpc) is 2.87. The molecular formula is C18H16FN3O. The molecule has 1 amide bonds. The van der Waals surface area contributed by atoms with E-state index in [1.807, 2.05) is 40.8 Å². The van der Waals surface area contributed by atoms with Gasteiger partial charge in [0, 0.05) is 18.9 Å². The molecule has 0 saturated carbocycles. The predicted octanol–water partition coefficient (Wildman–Crippen LogP) is 3.37. The molecule has 2 aromatic heterocycles. The lowest BCUT2D eigenvalue weighted by Gasteiger charge is -2.41. The number of rotatable bonds is 2. The van der Waals surface area contributed by atoms with E-state index in [2.05, 4.69) is 4.98 Å². The van der Waals surface area contributed by atoms with Crippen LogP contribution >= 0.6 is 0 Å². The standard InChI is InChI=1S/C18H16FN3O/c1-12-10-21-11-14(4-7-17(21)20-12)18(23)22-9-8-16(22)13-2-5-15(19)6-3-13/h2-7,10-11,16H,8-9H2,1H3/t16-/m1/s1. The SMILES string of the molecule is Cc1cn2cc(C(=O)N3CC[C@@H]3c3ccc(F)cc3)ccc2n1. The minimum absolute atomic E-state index is 0.00109. The number of fused-ring (bicyclic) bond motifs is 1. The van der Waals surface area contributed by atoms with Crippen molar-refractivity contribution < 1.29 is 9.18 Å². The topological polar surface area (TPSA) is 37.6 Å². The van der Waals surface area contributed by atoms with Crippen molar-refractivity contribution in [2.24, 2.45) is 0 Å². The normalized spacial score (nSPS) is 17.3. The van der Waals surface area contributed by atoms with E-state index in [9.17, 15) is 9.18 Å². The highest BCUT2D eigenvalue weighted by molar-refractivity contribution is 5.95. The van der Waals surface area contributed by atoms with E-state index in [-0.39, 0.29) is 17.8 Å². The maximum atomic E-state index is 13.1. The fraction of sp³-hybridized carbons (Fsp3) is 0.222. The molecule has 0 spiro atoms. The first-order valence-electron chi connectivity index (χ1n) is 7.63. The minimum atomic E-state index is -0.258. The van der Waals surface area contributed by atoms with Gasteiger partial charge in [-0.1, -0.05) is 12.1 Å². The van der Waals surface area contributed by atoms with Crippen LogP contribution in [0.25, 0.3) is 5.65 Å². The zero-order valence-electron chi connectivity index (χ0n) is 12.7. The molecule has 0 unspecified atom stereocenters. The van der Waals surface area contributed by atoms with Crippen LogP contribution in [0.15, 0.2) is 48.8 Å². The molecular weight excluding hydrogens is 293 g/mol. The fourth-order valence-corrected chi connectivity index (χ4v) is 3.07. The van der Waals surface area contributed by atoms with Crippen molar-refractivity contribution in [3.63, 3.8) is 0 Å². The first kappa shape index (κ1) is 13.9. The Kier molecular flexibility index (Phi) is 3.15. The summed E-state index contributed by atoms with van der Waals surface area (Å²) in [7, 11) is 0. The number of nitrogens with zero attached hydrogens (tertiary/aromatic N) is 3. The summed E-state index contributed by atoms with van der Waals surface area (Å²) < 4.78 is 14.9. The molecule has 3 aromatic rings. The van der Waals surface area contributed by atoms with Crippen LogP contribution in [0.1, 0.15) is 34.1 Å². The van der Waals surface area contributed by atoms with E-state index in [1.54, 1.807) is 12.1 Å². The van der Waals surface area contributed by atoms with Crippen molar-refractivity contribution in [2.75, 3.05) is 6.54 Å². The zero-order chi connectivity index (χ0) is 16.0. The lowest BCUT2D eigenvalue weighted by Crippen LogP contribution is -2.45. The predicted molar refractivity (Wildman–Crippen MR) is 84.7 cm³/mol. The van der Waals surface area contributed by atoms with Gasteiger partial charge in [-0.2, -0.15) is 0 Å². The third kappa shape index (κ3) is 2.38. The second kappa shape index (κ2) is 5.19. The van der Waals surface area contributed by atoms with Gasteiger partial charge >= 0.3 is 0 Å². The van der Waals surface area contributed by atoms with E-state index in [4.69, 9.17) is 0 Å². The smallest absolute Gasteiger partial charge is 0.255 e.